The zero-order valence-electron chi connectivity index (χ0n) is 18.4. The monoisotopic (exact) mass is 446 g/mol. The molecular formula is C25H26N4O2S. The molecule has 1 heterocycles. The van der Waals surface area contributed by atoms with E-state index in [4.69, 9.17) is 26.8 Å². The molecule has 0 fully saturated rings. The smallest absolute Gasteiger partial charge is 0.204 e. The Balaban J connectivity index is 1.76. The van der Waals surface area contributed by atoms with Crippen molar-refractivity contribution in [3.05, 3.63) is 89.2 Å². The average Bonchev–Trinajstić information content (AvgIpc) is 3.15. The first-order valence-electron chi connectivity index (χ1n) is 10.3. The highest BCUT2D eigenvalue weighted by Gasteiger charge is 2.18. The van der Waals surface area contributed by atoms with E-state index in [2.05, 4.69) is 24.1 Å². The van der Waals surface area contributed by atoms with Crippen molar-refractivity contribution < 1.29 is 9.47 Å². The summed E-state index contributed by atoms with van der Waals surface area (Å²) in [6, 6.07) is 26.0. The second-order valence-corrected chi connectivity index (χ2v) is 7.85. The minimum Gasteiger partial charge on any atom is -0.497 e. The fourth-order valence-corrected chi connectivity index (χ4v) is 3.93. The van der Waals surface area contributed by atoms with Gasteiger partial charge >= 0.3 is 0 Å². The summed E-state index contributed by atoms with van der Waals surface area (Å²) in [4.78, 5) is 2.18. The predicted molar refractivity (Wildman–Crippen MR) is 129 cm³/mol. The van der Waals surface area contributed by atoms with Crippen LogP contribution in [0.5, 0.6) is 11.5 Å². The Morgan fingerprint density at radius 1 is 0.875 bits per heavy atom. The van der Waals surface area contributed by atoms with Crippen molar-refractivity contribution >= 4 is 12.2 Å². The van der Waals surface area contributed by atoms with E-state index in [0.29, 0.717) is 11.4 Å². The molecule has 6 nitrogen and oxygen atoms in total. The number of para-hydroxylation sites is 1. The van der Waals surface area contributed by atoms with Gasteiger partial charge in [0.2, 0.25) is 4.77 Å². The number of hydrogen-bond donors (Lipinski definition) is 0. The van der Waals surface area contributed by atoms with E-state index in [-0.39, 0.29) is 0 Å². The Morgan fingerprint density at radius 2 is 1.56 bits per heavy atom. The first-order chi connectivity index (χ1) is 15.6. The summed E-state index contributed by atoms with van der Waals surface area (Å²) >= 11 is 5.88. The second-order valence-electron chi connectivity index (χ2n) is 7.48. The Labute approximate surface area is 193 Å². The number of nitrogens with zero attached hydrogens (tertiary/aromatic N) is 4. The molecule has 0 aliphatic rings. The maximum Gasteiger partial charge on any atom is 0.204 e. The van der Waals surface area contributed by atoms with Crippen molar-refractivity contribution in [1.29, 1.82) is 0 Å². The van der Waals surface area contributed by atoms with Gasteiger partial charge in [-0.25, -0.2) is 4.68 Å². The van der Waals surface area contributed by atoms with Crippen LogP contribution in [0.2, 0.25) is 0 Å². The van der Waals surface area contributed by atoms with Crippen molar-refractivity contribution in [2.75, 3.05) is 21.3 Å². The van der Waals surface area contributed by atoms with Crippen molar-refractivity contribution in [2.24, 2.45) is 0 Å². The van der Waals surface area contributed by atoms with Gasteiger partial charge in [0.15, 0.2) is 5.82 Å². The molecule has 0 N–H and O–H groups in total. The Kier molecular flexibility index (Phi) is 6.68. The predicted octanol–water partition coefficient (Wildman–Crippen LogP) is 5.18. The number of hydrogen-bond acceptors (Lipinski definition) is 5. The van der Waals surface area contributed by atoms with Gasteiger partial charge in [-0.1, -0.05) is 42.5 Å². The highest BCUT2D eigenvalue weighted by molar-refractivity contribution is 7.71. The van der Waals surface area contributed by atoms with Gasteiger partial charge < -0.3 is 9.47 Å². The van der Waals surface area contributed by atoms with Crippen molar-refractivity contribution in [3.63, 3.8) is 0 Å². The van der Waals surface area contributed by atoms with E-state index in [0.717, 1.165) is 35.1 Å². The van der Waals surface area contributed by atoms with E-state index in [1.807, 2.05) is 76.0 Å². The first-order valence-corrected chi connectivity index (χ1v) is 10.7. The summed E-state index contributed by atoms with van der Waals surface area (Å²) < 4.78 is 15.4. The third-order valence-electron chi connectivity index (χ3n) is 5.19. The molecule has 164 valence electrons. The molecule has 0 atom stereocenters. The summed E-state index contributed by atoms with van der Waals surface area (Å²) in [5, 5.41) is 4.91. The fraction of sp³-hybridized carbons (Fsp3) is 0.200. The molecule has 32 heavy (non-hydrogen) atoms. The summed E-state index contributed by atoms with van der Waals surface area (Å²) in [6.45, 7) is 1.35. The Bertz CT molecular complexity index is 1230. The molecule has 4 aromatic rings. The standard InChI is InChI=1S/C25H26N4O2S/c1-27(17-19-9-5-4-6-10-19)18-28-25(32)29(20-13-15-21(30-2)16-14-20)24(26-28)22-11-7-8-12-23(22)31-3/h4-16H,17-18H2,1-3H3. The van der Waals surface area contributed by atoms with Crippen LogP contribution >= 0.6 is 12.2 Å². The molecule has 0 radical (unpaired) electrons. The van der Waals surface area contributed by atoms with Crippen LogP contribution in [0.25, 0.3) is 17.1 Å². The van der Waals surface area contributed by atoms with E-state index >= 15 is 0 Å². The van der Waals surface area contributed by atoms with Crippen LogP contribution in [-0.4, -0.2) is 40.5 Å². The second kappa shape index (κ2) is 9.80. The Morgan fingerprint density at radius 3 is 2.25 bits per heavy atom. The molecule has 0 amide bonds. The van der Waals surface area contributed by atoms with Crippen LogP contribution in [0.3, 0.4) is 0 Å². The normalized spacial score (nSPS) is 11.0. The lowest BCUT2D eigenvalue weighted by Crippen LogP contribution is -2.22. The molecule has 1 aromatic heterocycles. The van der Waals surface area contributed by atoms with E-state index in [1.165, 1.54) is 5.56 Å². The van der Waals surface area contributed by atoms with Gasteiger partial charge in [0.1, 0.15) is 11.5 Å². The molecule has 0 unspecified atom stereocenters. The SMILES string of the molecule is COc1ccc(-n2c(-c3ccccc3OC)nn(CN(C)Cc3ccccc3)c2=S)cc1. The Hall–Kier alpha value is -3.42. The summed E-state index contributed by atoms with van der Waals surface area (Å²) in [5.74, 6) is 2.26. The quantitative estimate of drug-likeness (QED) is 0.349. The number of rotatable bonds is 8. The van der Waals surface area contributed by atoms with Crippen LogP contribution in [0, 0.1) is 4.77 Å². The van der Waals surface area contributed by atoms with Crippen molar-refractivity contribution in [3.8, 4) is 28.6 Å². The molecule has 0 aliphatic heterocycles. The first kappa shape index (κ1) is 21.8. The van der Waals surface area contributed by atoms with Crippen LogP contribution < -0.4 is 9.47 Å². The summed E-state index contributed by atoms with van der Waals surface area (Å²) in [7, 11) is 5.38. The molecule has 7 heteroatoms. The molecule has 0 aliphatic carbocycles. The van der Waals surface area contributed by atoms with Gasteiger partial charge in [-0.2, -0.15) is 0 Å². The molecule has 0 saturated heterocycles. The van der Waals surface area contributed by atoms with Crippen LogP contribution in [-0.2, 0) is 13.2 Å². The molecule has 0 spiro atoms. The van der Waals surface area contributed by atoms with Crippen molar-refractivity contribution in [2.45, 2.75) is 13.2 Å². The number of aromatic nitrogens is 3. The topological polar surface area (TPSA) is 44.5 Å². The van der Waals surface area contributed by atoms with Gasteiger partial charge in [-0.3, -0.25) is 9.47 Å². The fourth-order valence-electron chi connectivity index (χ4n) is 3.64. The number of ether oxygens (including phenoxy) is 2. The van der Waals surface area contributed by atoms with Crippen LogP contribution in [0.4, 0.5) is 0 Å². The highest BCUT2D eigenvalue weighted by Crippen LogP contribution is 2.31. The zero-order valence-corrected chi connectivity index (χ0v) is 19.2. The van der Waals surface area contributed by atoms with Gasteiger partial charge in [-0.05, 0) is 61.2 Å². The van der Waals surface area contributed by atoms with Gasteiger partial charge in [0, 0.05) is 6.54 Å². The van der Waals surface area contributed by atoms with Gasteiger partial charge in [-0.15, -0.1) is 5.10 Å². The maximum absolute atomic E-state index is 5.88. The third kappa shape index (κ3) is 4.59. The third-order valence-corrected chi connectivity index (χ3v) is 5.58. The van der Waals surface area contributed by atoms with Gasteiger partial charge in [0.25, 0.3) is 0 Å². The molecule has 0 saturated carbocycles. The lowest BCUT2D eigenvalue weighted by Gasteiger charge is -2.16. The molecule has 0 bridgehead atoms. The van der Waals surface area contributed by atoms with E-state index in [1.54, 1.807) is 14.2 Å². The molecule has 4 rings (SSSR count). The van der Waals surface area contributed by atoms with E-state index < -0.39 is 0 Å². The largest absolute Gasteiger partial charge is 0.497 e. The lowest BCUT2D eigenvalue weighted by atomic mass is 10.2. The number of methoxy groups -OCH3 is 2. The minimum atomic E-state index is 0.555. The molecular weight excluding hydrogens is 420 g/mol. The summed E-state index contributed by atoms with van der Waals surface area (Å²) in [5.41, 5.74) is 3.02. The zero-order chi connectivity index (χ0) is 22.5. The molecule has 3 aromatic carbocycles. The lowest BCUT2D eigenvalue weighted by molar-refractivity contribution is 0.244. The van der Waals surface area contributed by atoms with Crippen LogP contribution in [0.1, 0.15) is 5.56 Å². The highest BCUT2D eigenvalue weighted by atomic mass is 32.1. The van der Waals surface area contributed by atoms with Crippen LogP contribution in [0.15, 0.2) is 78.9 Å². The maximum atomic E-state index is 5.88. The van der Waals surface area contributed by atoms with Gasteiger partial charge in [0.05, 0.1) is 32.1 Å². The van der Waals surface area contributed by atoms with E-state index in [9.17, 15) is 0 Å². The number of benzene rings is 3. The average molecular weight is 447 g/mol. The summed E-state index contributed by atoms with van der Waals surface area (Å²) in [6.07, 6.45) is 0. The van der Waals surface area contributed by atoms with Crippen molar-refractivity contribution in [1.82, 2.24) is 19.2 Å². The minimum absolute atomic E-state index is 0.555.